The van der Waals surface area contributed by atoms with Gasteiger partial charge in [-0.2, -0.15) is 0 Å². The lowest BCUT2D eigenvalue weighted by molar-refractivity contribution is -0.384. The number of hydrogen-bond donors (Lipinski definition) is 1. The quantitative estimate of drug-likeness (QED) is 0.661. The van der Waals surface area contributed by atoms with E-state index in [9.17, 15) is 10.1 Å². The summed E-state index contributed by atoms with van der Waals surface area (Å²) in [6, 6.07) is 3.12. The molecule has 2 heterocycles. The van der Waals surface area contributed by atoms with Crippen molar-refractivity contribution in [1.82, 2.24) is 9.88 Å². The van der Waals surface area contributed by atoms with Crippen molar-refractivity contribution in [3.63, 3.8) is 0 Å². The second-order valence-corrected chi connectivity index (χ2v) is 5.52. The van der Waals surface area contributed by atoms with Gasteiger partial charge in [-0.05, 0) is 38.9 Å². The van der Waals surface area contributed by atoms with Gasteiger partial charge in [0.1, 0.15) is 5.82 Å². The SMILES string of the molecule is CN(C)CC1CCN(c2ccc([N+](=O)[O-])c(N)n2)CC1. The number of nitrogens with two attached hydrogens (primary N) is 1. The Kier molecular flexibility index (Phi) is 4.39. The van der Waals surface area contributed by atoms with Crippen molar-refractivity contribution >= 4 is 17.3 Å². The summed E-state index contributed by atoms with van der Waals surface area (Å²) in [7, 11) is 4.18. The Hall–Kier alpha value is -1.89. The van der Waals surface area contributed by atoms with Crippen LogP contribution in [0.3, 0.4) is 0 Å². The third-order valence-electron chi connectivity index (χ3n) is 3.65. The van der Waals surface area contributed by atoms with Crippen LogP contribution in [0.5, 0.6) is 0 Å². The van der Waals surface area contributed by atoms with E-state index in [4.69, 9.17) is 5.73 Å². The Bertz CT molecular complexity index is 484. The summed E-state index contributed by atoms with van der Waals surface area (Å²) in [6.45, 7) is 2.94. The summed E-state index contributed by atoms with van der Waals surface area (Å²) in [5, 5.41) is 10.7. The number of nitro groups is 1. The van der Waals surface area contributed by atoms with Crippen LogP contribution in [-0.2, 0) is 0 Å². The highest BCUT2D eigenvalue weighted by molar-refractivity contribution is 5.58. The van der Waals surface area contributed by atoms with Gasteiger partial charge in [-0.1, -0.05) is 0 Å². The average molecular weight is 279 g/mol. The van der Waals surface area contributed by atoms with Crippen LogP contribution in [0, 0.1) is 16.0 Å². The monoisotopic (exact) mass is 279 g/mol. The Balaban J connectivity index is 2.00. The molecule has 2 rings (SSSR count). The van der Waals surface area contributed by atoms with Gasteiger partial charge in [0.05, 0.1) is 4.92 Å². The second-order valence-electron chi connectivity index (χ2n) is 5.52. The zero-order chi connectivity index (χ0) is 14.7. The number of aromatic nitrogens is 1. The first kappa shape index (κ1) is 14.5. The summed E-state index contributed by atoms with van der Waals surface area (Å²) in [5.74, 6) is 1.43. The van der Waals surface area contributed by atoms with Gasteiger partial charge in [0.25, 0.3) is 0 Å². The number of pyridine rings is 1. The molecule has 0 aliphatic carbocycles. The fourth-order valence-electron chi connectivity index (χ4n) is 2.65. The van der Waals surface area contributed by atoms with Gasteiger partial charge in [0.15, 0.2) is 0 Å². The van der Waals surface area contributed by atoms with Gasteiger partial charge in [-0.25, -0.2) is 4.98 Å². The van der Waals surface area contributed by atoms with Gasteiger partial charge in [0.2, 0.25) is 5.82 Å². The Morgan fingerprint density at radius 1 is 1.45 bits per heavy atom. The van der Waals surface area contributed by atoms with Crippen LogP contribution < -0.4 is 10.6 Å². The number of nitrogens with zero attached hydrogens (tertiary/aromatic N) is 4. The molecular formula is C13H21N5O2. The molecule has 1 fully saturated rings. The molecule has 0 radical (unpaired) electrons. The molecule has 0 spiro atoms. The molecule has 7 heteroatoms. The fourth-order valence-corrected chi connectivity index (χ4v) is 2.65. The largest absolute Gasteiger partial charge is 0.378 e. The van der Waals surface area contributed by atoms with E-state index < -0.39 is 4.92 Å². The maximum atomic E-state index is 10.7. The molecule has 7 nitrogen and oxygen atoms in total. The van der Waals surface area contributed by atoms with E-state index in [0.717, 1.165) is 38.3 Å². The number of nitrogen functional groups attached to an aromatic ring is 1. The van der Waals surface area contributed by atoms with Crippen molar-refractivity contribution < 1.29 is 4.92 Å². The van der Waals surface area contributed by atoms with Crippen LogP contribution in [0.4, 0.5) is 17.3 Å². The Morgan fingerprint density at radius 3 is 2.60 bits per heavy atom. The standard InChI is InChI=1S/C13H21N5O2/c1-16(2)9-10-5-7-17(8-6-10)12-4-3-11(18(19)20)13(14)15-12/h3-4,10H,5-9H2,1-2H3,(H2,14,15). The van der Waals surface area contributed by atoms with Crippen LogP contribution in [0.1, 0.15) is 12.8 Å². The van der Waals surface area contributed by atoms with Gasteiger partial charge >= 0.3 is 5.69 Å². The zero-order valence-corrected chi connectivity index (χ0v) is 12.0. The fraction of sp³-hybridized carbons (Fsp3) is 0.615. The van der Waals surface area contributed by atoms with Gasteiger partial charge in [0, 0.05) is 25.7 Å². The van der Waals surface area contributed by atoms with E-state index in [1.54, 1.807) is 6.07 Å². The van der Waals surface area contributed by atoms with Gasteiger partial charge < -0.3 is 15.5 Å². The maximum Gasteiger partial charge on any atom is 0.311 e. The first-order chi connectivity index (χ1) is 9.47. The smallest absolute Gasteiger partial charge is 0.311 e. The summed E-state index contributed by atoms with van der Waals surface area (Å²) in [5.41, 5.74) is 5.51. The van der Waals surface area contributed by atoms with Crippen LogP contribution >= 0.6 is 0 Å². The van der Waals surface area contributed by atoms with Crippen molar-refractivity contribution in [1.29, 1.82) is 0 Å². The highest BCUT2D eigenvalue weighted by Gasteiger charge is 2.22. The molecule has 0 bridgehead atoms. The van der Waals surface area contributed by atoms with Crippen LogP contribution in [-0.4, -0.2) is 48.5 Å². The lowest BCUT2D eigenvalue weighted by Crippen LogP contribution is -2.37. The minimum Gasteiger partial charge on any atom is -0.378 e. The number of piperidine rings is 1. The first-order valence-electron chi connectivity index (χ1n) is 6.78. The van der Waals surface area contributed by atoms with E-state index in [2.05, 4.69) is 28.9 Å². The zero-order valence-electron chi connectivity index (χ0n) is 12.0. The molecule has 1 aliphatic heterocycles. The molecule has 0 amide bonds. The van der Waals surface area contributed by atoms with Crippen molar-refractivity contribution in [2.24, 2.45) is 5.92 Å². The number of anilines is 2. The topological polar surface area (TPSA) is 88.5 Å². The van der Waals surface area contributed by atoms with E-state index >= 15 is 0 Å². The van der Waals surface area contributed by atoms with Crippen molar-refractivity contribution in [2.75, 3.05) is 44.4 Å². The minimum atomic E-state index is -0.505. The molecule has 0 aromatic carbocycles. The predicted molar refractivity (Wildman–Crippen MR) is 78.8 cm³/mol. The first-order valence-corrected chi connectivity index (χ1v) is 6.78. The van der Waals surface area contributed by atoms with Crippen LogP contribution in [0.15, 0.2) is 12.1 Å². The lowest BCUT2D eigenvalue weighted by atomic mass is 9.96. The van der Waals surface area contributed by atoms with Crippen LogP contribution in [0.25, 0.3) is 0 Å². The van der Waals surface area contributed by atoms with Crippen LogP contribution in [0.2, 0.25) is 0 Å². The average Bonchev–Trinajstić information content (AvgIpc) is 2.38. The normalized spacial score (nSPS) is 16.6. The molecule has 1 saturated heterocycles. The minimum absolute atomic E-state index is 0.0112. The molecular weight excluding hydrogens is 258 g/mol. The molecule has 0 atom stereocenters. The van der Waals surface area contributed by atoms with Crippen molar-refractivity contribution in [3.05, 3.63) is 22.2 Å². The van der Waals surface area contributed by atoms with E-state index in [1.165, 1.54) is 6.07 Å². The van der Waals surface area contributed by atoms with E-state index in [-0.39, 0.29) is 11.5 Å². The molecule has 0 saturated carbocycles. The number of rotatable bonds is 4. The summed E-state index contributed by atoms with van der Waals surface area (Å²) in [6.07, 6.45) is 2.22. The Labute approximate surface area is 118 Å². The molecule has 110 valence electrons. The molecule has 1 aromatic rings. The van der Waals surface area contributed by atoms with E-state index in [0.29, 0.717) is 5.92 Å². The predicted octanol–water partition coefficient (Wildman–Crippen LogP) is 1.35. The Morgan fingerprint density at radius 2 is 2.10 bits per heavy atom. The highest BCUT2D eigenvalue weighted by Crippen LogP contribution is 2.26. The molecule has 2 N–H and O–H groups in total. The summed E-state index contributed by atoms with van der Waals surface area (Å²) < 4.78 is 0. The van der Waals surface area contributed by atoms with Gasteiger partial charge in [-0.15, -0.1) is 0 Å². The molecule has 20 heavy (non-hydrogen) atoms. The van der Waals surface area contributed by atoms with Gasteiger partial charge in [-0.3, -0.25) is 10.1 Å². The molecule has 1 aromatic heterocycles. The summed E-state index contributed by atoms with van der Waals surface area (Å²) >= 11 is 0. The highest BCUT2D eigenvalue weighted by atomic mass is 16.6. The third-order valence-corrected chi connectivity index (χ3v) is 3.65. The number of hydrogen-bond acceptors (Lipinski definition) is 6. The van der Waals surface area contributed by atoms with Crippen molar-refractivity contribution in [2.45, 2.75) is 12.8 Å². The maximum absolute atomic E-state index is 10.7. The van der Waals surface area contributed by atoms with E-state index in [1.807, 2.05) is 0 Å². The lowest BCUT2D eigenvalue weighted by Gasteiger charge is -2.33. The van der Waals surface area contributed by atoms with Crippen molar-refractivity contribution in [3.8, 4) is 0 Å². The molecule has 0 unspecified atom stereocenters. The second kappa shape index (κ2) is 6.04. The molecule has 1 aliphatic rings. The summed E-state index contributed by atoms with van der Waals surface area (Å²) in [4.78, 5) is 18.7. The third kappa shape index (κ3) is 3.36.